The summed E-state index contributed by atoms with van der Waals surface area (Å²) < 4.78 is 0. The summed E-state index contributed by atoms with van der Waals surface area (Å²) in [6, 6.07) is 0. The van der Waals surface area contributed by atoms with E-state index in [0.717, 1.165) is 0 Å². The molecule has 0 saturated carbocycles. The topological polar surface area (TPSA) is 64.5 Å². The lowest BCUT2D eigenvalue weighted by atomic mass is 10.4. The van der Waals surface area contributed by atoms with Crippen molar-refractivity contribution in [2.75, 3.05) is 13.1 Å². The van der Waals surface area contributed by atoms with Gasteiger partial charge in [-0.15, -0.1) is 0 Å². The third-order valence-electron chi connectivity index (χ3n) is 1.12. The van der Waals surface area contributed by atoms with Crippen LogP contribution in [0.15, 0.2) is 0 Å². The summed E-state index contributed by atoms with van der Waals surface area (Å²) in [7, 11) is 0. The smallest absolute Gasteiger partial charge is 0.166 e. The first-order valence-corrected chi connectivity index (χ1v) is 4.31. The Hall–Kier alpha value is -0.390. The lowest BCUT2D eigenvalue weighted by Gasteiger charge is -2.12. The van der Waals surface area contributed by atoms with Crippen molar-refractivity contribution in [1.29, 1.82) is 0 Å². The van der Waals surface area contributed by atoms with E-state index in [9.17, 15) is 0 Å². The zero-order valence-corrected chi connectivity index (χ0v) is 8.19. The molecule has 5 heteroatoms. The third-order valence-corrected chi connectivity index (χ3v) is 1.40. The second kappa shape index (κ2) is 6.16. The van der Waals surface area contributed by atoms with Crippen LogP contribution in [0, 0.1) is 0 Å². The molecule has 0 aromatic carbocycles. The van der Waals surface area contributed by atoms with Gasteiger partial charge in [-0.2, -0.15) is 0 Å². The second-order valence-corrected chi connectivity index (χ2v) is 3.20. The highest BCUT2D eigenvalue weighted by Crippen LogP contribution is 1.77. The third kappa shape index (κ3) is 7.71. The van der Waals surface area contributed by atoms with E-state index in [1.807, 2.05) is 0 Å². The molecule has 0 heterocycles. The molecule has 4 N–H and O–H groups in total. The zero-order valence-electron chi connectivity index (χ0n) is 7.37. The number of rotatable bonds is 4. The Kier molecular flexibility index (Phi) is 5.96. The van der Waals surface area contributed by atoms with E-state index in [0.29, 0.717) is 18.2 Å². The molecule has 0 saturated heterocycles. The van der Waals surface area contributed by atoms with Gasteiger partial charge in [0.05, 0.1) is 12.2 Å². The summed E-state index contributed by atoms with van der Waals surface area (Å²) in [6.45, 7) is 4.19. The minimum atomic E-state index is -0.420. The van der Waals surface area contributed by atoms with Gasteiger partial charge < -0.3 is 20.8 Å². The maximum absolute atomic E-state index is 8.88. The summed E-state index contributed by atoms with van der Waals surface area (Å²) in [6.07, 6.45) is -0.840. The minimum Gasteiger partial charge on any atom is -0.392 e. The standard InChI is InChI=1S/C7H16N2O2S/c1-5(10)3-8-7(12)9-4-6(2)11/h5-6,10-11H,3-4H2,1-2H3,(H2,8,9,12). The van der Waals surface area contributed by atoms with Crippen LogP contribution >= 0.6 is 12.2 Å². The van der Waals surface area contributed by atoms with Crippen LogP contribution < -0.4 is 10.6 Å². The predicted molar refractivity (Wildman–Crippen MR) is 52.0 cm³/mol. The lowest BCUT2D eigenvalue weighted by Crippen LogP contribution is -2.41. The molecule has 0 fully saturated rings. The van der Waals surface area contributed by atoms with Crippen molar-refractivity contribution in [3.63, 3.8) is 0 Å². The first-order chi connectivity index (χ1) is 5.52. The molecule has 0 aromatic heterocycles. The maximum atomic E-state index is 8.88. The summed E-state index contributed by atoms with van der Waals surface area (Å²) >= 11 is 4.85. The number of thiocarbonyl (C=S) groups is 1. The second-order valence-electron chi connectivity index (χ2n) is 2.79. The molecule has 0 aliphatic rings. The molecule has 72 valence electrons. The Bertz CT molecular complexity index is 125. The Morgan fingerprint density at radius 2 is 1.50 bits per heavy atom. The lowest BCUT2D eigenvalue weighted by molar-refractivity contribution is 0.194. The summed E-state index contributed by atoms with van der Waals surface area (Å²) in [5.74, 6) is 0. The van der Waals surface area contributed by atoms with Crippen LogP contribution in [-0.2, 0) is 0 Å². The van der Waals surface area contributed by atoms with Crippen molar-refractivity contribution in [3.8, 4) is 0 Å². The zero-order chi connectivity index (χ0) is 9.56. The molecule has 0 spiro atoms. The van der Waals surface area contributed by atoms with E-state index in [2.05, 4.69) is 10.6 Å². The molecule has 0 radical (unpaired) electrons. The predicted octanol–water partition coefficient (Wildman–Crippen LogP) is -0.788. The number of aliphatic hydroxyl groups is 2. The highest BCUT2D eigenvalue weighted by atomic mass is 32.1. The molecule has 0 amide bonds. The van der Waals surface area contributed by atoms with Crippen molar-refractivity contribution >= 4 is 17.3 Å². The van der Waals surface area contributed by atoms with Crippen molar-refractivity contribution in [3.05, 3.63) is 0 Å². The maximum Gasteiger partial charge on any atom is 0.166 e. The monoisotopic (exact) mass is 192 g/mol. The van der Waals surface area contributed by atoms with Crippen molar-refractivity contribution < 1.29 is 10.2 Å². The largest absolute Gasteiger partial charge is 0.392 e. The molecule has 0 aromatic rings. The van der Waals surface area contributed by atoms with Crippen LogP contribution in [0.2, 0.25) is 0 Å². The van der Waals surface area contributed by atoms with Gasteiger partial charge in [0.15, 0.2) is 5.11 Å². The van der Waals surface area contributed by atoms with Gasteiger partial charge in [0.25, 0.3) is 0 Å². The Balaban J connectivity index is 3.34. The average Bonchev–Trinajstić information content (AvgIpc) is 1.96. The van der Waals surface area contributed by atoms with Gasteiger partial charge in [-0.05, 0) is 26.1 Å². The van der Waals surface area contributed by atoms with Crippen LogP contribution in [0.25, 0.3) is 0 Å². The average molecular weight is 192 g/mol. The van der Waals surface area contributed by atoms with Gasteiger partial charge in [0.1, 0.15) is 0 Å². The van der Waals surface area contributed by atoms with Crippen molar-refractivity contribution in [2.24, 2.45) is 0 Å². The fraction of sp³-hybridized carbons (Fsp3) is 0.857. The van der Waals surface area contributed by atoms with Crippen LogP contribution in [0.5, 0.6) is 0 Å². The van der Waals surface area contributed by atoms with E-state index in [4.69, 9.17) is 22.4 Å². The van der Waals surface area contributed by atoms with E-state index < -0.39 is 12.2 Å². The molecule has 0 bridgehead atoms. The first kappa shape index (κ1) is 11.6. The molecule has 2 atom stereocenters. The van der Waals surface area contributed by atoms with Crippen molar-refractivity contribution in [1.82, 2.24) is 10.6 Å². The quantitative estimate of drug-likeness (QED) is 0.440. The Morgan fingerprint density at radius 1 is 1.17 bits per heavy atom. The fourth-order valence-electron chi connectivity index (χ4n) is 0.543. The molecule has 4 nitrogen and oxygen atoms in total. The number of nitrogens with one attached hydrogen (secondary N) is 2. The first-order valence-electron chi connectivity index (χ1n) is 3.90. The van der Waals surface area contributed by atoms with Crippen molar-refractivity contribution in [2.45, 2.75) is 26.1 Å². The van der Waals surface area contributed by atoms with Gasteiger partial charge >= 0.3 is 0 Å². The van der Waals surface area contributed by atoms with Crippen LogP contribution in [0.4, 0.5) is 0 Å². The van der Waals surface area contributed by atoms with E-state index in [1.54, 1.807) is 13.8 Å². The molecule has 0 rings (SSSR count). The van der Waals surface area contributed by atoms with Gasteiger partial charge in [-0.25, -0.2) is 0 Å². The van der Waals surface area contributed by atoms with Crippen LogP contribution in [0.3, 0.4) is 0 Å². The molecular weight excluding hydrogens is 176 g/mol. The molecule has 0 aliphatic heterocycles. The minimum absolute atomic E-state index is 0.420. The Labute approximate surface area is 78.0 Å². The van der Waals surface area contributed by atoms with Gasteiger partial charge in [-0.3, -0.25) is 0 Å². The van der Waals surface area contributed by atoms with Gasteiger partial charge in [0, 0.05) is 13.1 Å². The molecule has 0 aliphatic carbocycles. The molecule has 12 heavy (non-hydrogen) atoms. The van der Waals surface area contributed by atoms with Gasteiger partial charge in [-0.1, -0.05) is 0 Å². The highest BCUT2D eigenvalue weighted by Gasteiger charge is 1.99. The fourth-order valence-corrected chi connectivity index (χ4v) is 0.710. The number of hydrogen-bond acceptors (Lipinski definition) is 3. The Morgan fingerprint density at radius 3 is 1.75 bits per heavy atom. The van der Waals surface area contributed by atoms with E-state index in [1.165, 1.54) is 0 Å². The molecule has 2 unspecified atom stereocenters. The van der Waals surface area contributed by atoms with E-state index >= 15 is 0 Å². The van der Waals surface area contributed by atoms with E-state index in [-0.39, 0.29) is 0 Å². The van der Waals surface area contributed by atoms with Gasteiger partial charge in [0.2, 0.25) is 0 Å². The summed E-state index contributed by atoms with van der Waals surface area (Å²) in [5.41, 5.74) is 0. The summed E-state index contributed by atoms with van der Waals surface area (Å²) in [5, 5.41) is 23.8. The number of hydrogen-bond donors (Lipinski definition) is 4. The summed E-state index contributed by atoms with van der Waals surface area (Å²) in [4.78, 5) is 0. The normalized spacial score (nSPS) is 15.0. The molecular formula is C7H16N2O2S. The number of aliphatic hydroxyl groups excluding tert-OH is 2. The van der Waals surface area contributed by atoms with Crippen LogP contribution in [0.1, 0.15) is 13.8 Å². The highest BCUT2D eigenvalue weighted by molar-refractivity contribution is 7.80. The van der Waals surface area contributed by atoms with Crippen LogP contribution in [-0.4, -0.2) is 40.6 Å². The SMILES string of the molecule is CC(O)CNC(=S)NCC(C)O.